The van der Waals surface area contributed by atoms with Crippen LogP contribution < -0.4 is 10.7 Å². The summed E-state index contributed by atoms with van der Waals surface area (Å²) < 4.78 is 12.0. The van der Waals surface area contributed by atoms with Crippen LogP contribution in [0, 0.1) is 11.8 Å². The van der Waals surface area contributed by atoms with E-state index >= 15 is 0 Å². The average molecular weight is 398 g/mol. The van der Waals surface area contributed by atoms with Crippen molar-refractivity contribution in [2.45, 2.75) is 46.8 Å². The van der Waals surface area contributed by atoms with Gasteiger partial charge in [-0.1, -0.05) is 11.8 Å². The highest BCUT2D eigenvalue weighted by Crippen LogP contribution is 2.15. The topological polar surface area (TPSA) is 86.6 Å². The van der Waals surface area contributed by atoms with Crippen molar-refractivity contribution in [1.82, 2.24) is 9.88 Å². The van der Waals surface area contributed by atoms with E-state index in [0.29, 0.717) is 23.0 Å². The van der Waals surface area contributed by atoms with Crippen molar-refractivity contribution in [2.75, 3.05) is 13.2 Å². The maximum Gasteiger partial charge on any atom is 0.408 e. The van der Waals surface area contributed by atoms with Crippen LogP contribution in [0.15, 0.2) is 29.2 Å². The van der Waals surface area contributed by atoms with E-state index in [1.807, 2.05) is 11.5 Å². The van der Waals surface area contributed by atoms with Gasteiger partial charge in [0, 0.05) is 23.7 Å². The van der Waals surface area contributed by atoms with E-state index in [4.69, 9.17) is 9.47 Å². The third-order valence-corrected chi connectivity index (χ3v) is 3.87. The summed E-state index contributed by atoms with van der Waals surface area (Å²) in [4.78, 5) is 36.5. The van der Waals surface area contributed by atoms with Crippen LogP contribution in [0.4, 0.5) is 4.79 Å². The summed E-state index contributed by atoms with van der Waals surface area (Å²) in [6, 6.07) is 5.23. The Morgan fingerprint density at radius 3 is 2.55 bits per heavy atom. The van der Waals surface area contributed by atoms with Gasteiger partial charge in [0.15, 0.2) is 0 Å². The number of pyridine rings is 1. The molecule has 0 aliphatic carbocycles. The second kappa shape index (κ2) is 9.28. The molecule has 0 saturated heterocycles. The largest absolute Gasteiger partial charge is 0.462 e. The smallest absolute Gasteiger partial charge is 0.408 e. The number of ether oxygens (including phenoxy) is 2. The zero-order valence-electron chi connectivity index (χ0n) is 17.4. The number of benzene rings is 1. The maximum atomic E-state index is 12.8. The molecule has 1 heterocycles. The quantitative estimate of drug-likeness (QED) is 0.632. The first-order valence-electron chi connectivity index (χ1n) is 9.46. The minimum Gasteiger partial charge on any atom is -0.462 e. The molecule has 154 valence electrons. The van der Waals surface area contributed by atoms with Gasteiger partial charge in [0.05, 0.1) is 18.7 Å². The van der Waals surface area contributed by atoms with Crippen molar-refractivity contribution in [1.29, 1.82) is 0 Å². The number of aromatic nitrogens is 1. The number of esters is 1. The highest BCUT2D eigenvalue weighted by Gasteiger charge is 2.17. The molecule has 29 heavy (non-hydrogen) atoms. The number of rotatable bonds is 4. The first-order chi connectivity index (χ1) is 13.7. The third-order valence-electron chi connectivity index (χ3n) is 3.87. The number of carbonyl (C=O) groups is 2. The molecule has 0 fully saturated rings. The fourth-order valence-electron chi connectivity index (χ4n) is 2.67. The second-order valence-electron chi connectivity index (χ2n) is 7.27. The summed E-state index contributed by atoms with van der Waals surface area (Å²) in [5, 5.41) is 2.95. The molecule has 0 atom stereocenters. The summed E-state index contributed by atoms with van der Waals surface area (Å²) in [6.07, 6.45) is 0.980. The van der Waals surface area contributed by atoms with Gasteiger partial charge < -0.3 is 19.4 Å². The Bertz CT molecular complexity index is 1040. The van der Waals surface area contributed by atoms with Crippen LogP contribution >= 0.6 is 0 Å². The Kier molecular flexibility index (Phi) is 7.05. The molecular weight excluding hydrogens is 372 g/mol. The average Bonchev–Trinajstić information content (AvgIpc) is 2.64. The first-order valence-corrected chi connectivity index (χ1v) is 9.46. The predicted molar refractivity (Wildman–Crippen MR) is 111 cm³/mol. The number of hydrogen-bond donors (Lipinski definition) is 1. The molecule has 0 unspecified atom stereocenters. The van der Waals surface area contributed by atoms with Crippen molar-refractivity contribution < 1.29 is 19.1 Å². The van der Waals surface area contributed by atoms with Gasteiger partial charge >= 0.3 is 12.1 Å². The zero-order chi connectivity index (χ0) is 21.6. The van der Waals surface area contributed by atoms with Gasteiger partial charge in [-0.15, -0.1) is 0 Å². The third kappa shape index (κ3) is 5.85. The van der Waals surface area contributed by atoms with Crippen LogP contribution in [0.5, 0.6) is 0 Å². The highest BCUT2D eigenvalue weighted by atomic mass is 16.6. The monoisotopic (exact) mass is 398 g/mol. The molecule has 7 nitrogen and oxygen atoms in total. The van der Waals surface area contributed by atoms with Crippen LogP contribution in [0.1, 0.15) is 50.5 Å². The van der Waals surface area contributed by atoms with Gasteiger partial charge in [-0.3, -0.25) is 4.79 Å². The maximum absolute atomic E-state index is 12.8. The van der Waals surface area contributed by atoms with E-state index in [9.17, 15) is 14.4 Å². The zero-order valence-corrected chi connectivity index (χ0v) is 17.4. The van der Waals surface area contributed by atoms with Crippen LogP contribution in [0.25, 0.3) is 10.9 Å². The van der Waals surface area contributed by atoms with Crippen LogP contribution in [0.2, 0.25) is 0 Å². The molecule has 0 spiro atoms. The Hall–Kier alpha value is -3.27. The van der Waals surface area contributed by atoms with Crippen LogP contribution in [-0.2, 0) is 16.0 Å². The Labute approximate surface area is 170 Å². The molecule has 2 aromatic rings. The number of nitrogens with one attached hydrogen (secondary N) is 1. The van der Waals surface area contributed by atoms with Gasteiger partial charge in [0.1, 0.15) is 11.2 Å². The van der Waals surface area contributed by atoms with Gasteiger partial charge in [0.2, 0.25) is 5.43 Å². The standard InChI is InChI=1S/C22H26N2O5/c1-6-24-14-17(20(26)28-7-2)19(25)16-13-15(10-11-18(16)24)9-8-12-23-21(27)29-22(3,4)5/h10-11,13-14H,6-7,12H2,1-5H3,(H,23,27). The van der Waals surface area contributed by atoms with Gasteiger partial charge in [-0.25, -0.2) is 9.59 Å². The predicted octanol–water partition coefficient (Wildman–Crippen LogP) is 3.07. The van der Waals surface area contributed by atoms with E-state index in [0.717, 1.165) is 0 Å². The number of fused-ring (bicyclic) bond motifs is 1. The molecule has 0 radical (unpaired) electrons. The summed E-state index contributed by atoms with van der Waals surface area (Å²) in [5.41, 5.74) is 0.342. The molecule has 0 bridgehead atoms. The number of carbonyl (C=O) groups excluding carboxylic acids is 2. The lowest BCUT2D eigenvalue weighted by Crippen LogP contribution is -2.32. The van der Waals surface area contributed by atoms with Crippen molar-refractivity contribution >= 4 is 23.0 Å². The summed E-state index contributed by atoms with van der Waals surface area (Å²) in [7, 11) is 0. The molecule has 0 saturated carbocycles. The minimum atomic E-state index is -0.639. The molecule has 0 aliphatic heterocycles. The second-order valence-corrected chi connectivity index (χ2v) is 7.27. The van der Waals surface area contributed by atoms with Gasteiger partial charge in [0.25, 0.3) is 0 Å². The number of amides is 1. The van der Waals surface area contributed by atoms with Crippen molar-refractivity contribution in [3.05, 3.63) is 45.7 Å². The lowest BCUT2D eigenvalue weighted by molar-refractivity contribution is 0.0517. The molecule has 1 N–H and O–H groups in total. The molecule has 0 aliphatic rings. The lowest BCUT2D eigenvalue weighted by atomic mass is 10.1. The summed E-state index contributed by atoms with van der Waals surface area (Å²) >= 11 is 0. The summed E-state index contributed by atoms with van der Waals surface area (Å²) in [5.74, 6) is 5.10. The SMILES string of the molecule is CCOC(=O)c1cn(CC)c2ccc(C#CCNC(=O)OC(C)(C)C)cc2c1=O. The molecule has 1 aromatic heterocycles. The number of nitrogens with zero attached hydrogens (tertiary/aromatic N) is 1. The highest BCUT2D eigenvalue weighted by molar-refractivity contribution is 5.94. The van der Waals surface area contributed by atoms with Gasteiger partial charge in [-0.2, -0.15) is 0 Å². The van der Waals surface area contributed by atoms with E-state index < -0.39 is 23.1 Å². The molecule has 2 rings (SSSR count). The number of aryl methyl sites for hydroxylation is 1. The van der Waals surface area contributed by atoms with Crippen molar-refractivity contribution in [2.24, 2.45) is 0 Å². The molecule has 7 heteroatoms. The van der Waals surface area contributed by atoms with E-state index in [-0.39, 0.29) is 18.7 Å². The lowest BCUT2D eigenvalue weighted by Gasteiger charge is -2.19. The van der Waals surface area contributed by atoms with E-state index in [1.54, 1.807) is 45.9 Å². The van der Waals surface area contributed by atoms with E-state index in [1.165, 1.54) is 6.20 Å². The number of alkyl carbamates (subject to hydrolysis) is 1. The number of hydrogen-bond acceptors (Lipinski definition) is 5. The fourth-order valence-corrected chi connectivity index (χ4v) is 2.67. The molecule has 1 amide bonds. The van der Waals surface area contributed by atoms with Gasteiger partial charge in [-0.05, 0) is 52.8 Å². The first kappa shape index (κ1) is 22.0. The normalized spacial score (nSPS) is 10.8. The fraction of sp³-hybridized carbons (Fsp3) is 0.409. The Morgan fingerprint density at radius 1 is 1.21 bits per heavy atom. The van der Waals surface area contributed by atoms with Crippen LogP contribution in [-0.4, -0.2) is 35.4 Å². The van der Waals surface area contributed by atoms with E-state index in [2.05, 4.69) is 17.2 Å². The minimum absolute atomic E-state index is 0.00194. The van der Waals surface area contributed by atoms with Crippen molar-refractivity contribution in [3.8, 4) is 11.8 Å². The molecule has 1 aromatic carbocycles. The van der Waals surface area contributed by atoms with Crippen LogP contribution in [0.3, 0.4) is 0 Å². The Morgan fingerprint density at radius 2 is 1.93 bits per heavy atom. The van der Waals surface area contributed by atoms with Crippen molar-refractivity contribution in [3.63, 3.8) is 0 Å². The molecular formula is C22H26N2O5. The summed E-state index contributed by atoms with van der Waals surface area (Å²) in [6.45, 7) is 9.84. The Balaban J connectivity index is 2.29.